The smallest absolute Gasteiger partial charge is 0.158 e. The number of benzene rings is 1. The molecule has 4 heteroatoms. The summed E-state index contributed by atoms with van der Waals surface area (Å²) in [4.78, 5) is 13.6. The molecule has 0 bridgehead atoms. The van der Waals surface area contributed by atoms with Gasteiger partial charge in [0.2, 0.25) is 0 Å². The van der Waals surface area contributed by atoms with Gasteiger partial charge in [-0.1, -0.05) is 36.4 Å². The van der Waals surface area contributed by atoms with E-state index >= 15 is 0 Å². The van der Waals surface area contributed by atoms with E-state index in [1.54, 1.807) is 12.4 Å². The van der Waals surface area contributed by atoms with Crippen molar-refractivity contribution in [3.63, 3.8) is 0 Å². The van der Waals surface area contributed by atoms with Gasteiger partial charge >= 0.3 is 0 Å². The molecule has 1 spiro atoms. The molecule has 5 rings (SSSR count). The van der Waals surface area contributed by atoms with Crippen LogP contribution in [0, 0.1) is 6.92 Å². The maximum atomic E-state index is 4.64. The Kier molecular flexibility index (Phi) is 2.52. The maximum Gasteiger partial charge on any atom is 0.158 e. The summed E-state index contributed by atoms with van der Waals surface area (Å²) >= 11 is 0. The van der Waals surface area contributed by atoms with Crippen molar-refractivity contribution in [3.05, 3.63) is 76.9 Å². The quantitative estimate of drug-likeness (QED) is 0.729. The Hall–Kier alpha value is -3.01. The summed E-state index contributed by atoms with van der Waals surface area (Å²) in [6, 6.07) is 6.43. The molecule has 4 nitrogen and oxygen atoms in total. The minimum atomic E-state index is -0.421. The molecule has 1 atom stereocenters. The Morgan fingerprint density at radius 3 is 2.75 bits per heavy atom. The van der Waals surface area contributed by atoms with Gasteiger partial charge in [0.05, 0.1) is 0 Å². The van der Waals surface area contributed by atoms with Gasteiger partial charge in [-0.3, -0.25) is 0 Å². The molecule has 0 saturated heterocycles. The Morgan fingerprint density at radius 2 is 1.92 bits per heavy atom. The fourth-order valence-electron chi connectivity index (χ4n) is 4.24. The molecule has 116 valence electrons. The number of hydrogen-bond donors (Lipinski definition) is 0. The highest BCUT2D eigenvalue weighted by atomic mass is 15.2. The molecular weight excluding hydrogens is 296 g/mol. The van der Waals surface area contributed by atoms with E-state index in [0.717, 1.165) is 17.2 Å². The summed E-state index contributed by atoms with van der Waals surface area (Å²) < 4.78 is 2.27. The van der Waals surface area contributed by atoms with Crippen molar-refractivity contribution in [1.29, 1.82) is 0 Å². The summed E-state index contributed by atoms with van der Waals surface area (Å²) in [7, 11) is 0. The van der Waals surface area contributed by atoms with Crippen LogP contribution in [0.2, 0.25) is 0 Å². The molecule has 3 heterocycles. The lowest BCUT2D eigenvalue weighted by Gasteiger charge is -2.38. The summed E-state index contributed by atoms with van der Waals surface area (Å²) in [5, 5.41) is 0. The lowest BCUT2D eigenvalue weighted by molar-refractivity contribution is 0.519. The number of fused-ring (bicyclic) bond motifs is 5. The molecular formula is C20H16N4. The number of hydrogen-bond acceptors (Lipinski definition) is 3. The van der Waals surface area contributed by atoms with E-state index in [4.69, 9.17) is 0 Å². The molecule has 0 N–H and O–H groups in total. The highest BCUT2D eigenvalue weighted by molar-refractivity contribution is 6.18. The van der Waals surface area contributed by atoms with E-state index in [-0.39, 0.29) is 0 Å². The number of aromatic nitrogens is 2. The van der Waals surface area contributed by atoms with Crippen LogP contribution in [0.15, 0.2) is 75.8 Å². The van der Waals surface area contributed by atoms with Gasteiger partial charge in [-0.2, -0.15) is 0 Å². The number of aryl methyl sites for hydroxylation is 1. The van der Waals surface area contributed by atoms with Crippen LogP contribution in [0.1, 0.15) is 18.1 Å². The third kappa shape index (κ3) is 1.41. The van der Waals surface area contributed by atoms with Crippen LogP contribution in [-0.4, -0.2) is 22.0 Å². The summed E-state index contributed by atoms with van der Waals surface area (Å²) in [5.74, 6) is 1.77. The van der Waals surface area contributed by atoms with Gasteiger partial charge in [0, 0.05) is 41.5 Å². The summed E-state index contributed by atoms with van der Waals surface area (Å²) in [5.41, 5.74) is 5.65. The predicted octanol–water partition coefficient (Wildman–Crippen LogP) is 3.80. The van der Waals surface area contributed by atoms with Gasteiger partial charge in [-0.15, -0.1) is 0 Å². The van der Waals surface area contributed by atoms with E-state index in [9.17, 15) is 0 Å². The SMILES string of the molecule is CC1=CC=CC(=C2N=CC=N2)C12c1c(C)cccc1-c1nccn12. The Morgan fingerprint density at radius 1 is 1.08 bits per heavy atom. The Balaban J connectivity index is 1.98. The molecule has 0 fully saturated rings. The third-order valence-electron chi connectivity index (χ3n) is 5.15. The van der Waals surface area contributed by atoms with Crippen LogP contribution in [0.5, 0.6) is 0 Å². The topological polar surface area (TPSA) is 42.5 Å². The first-order chi connectivity index (χ1) is 11.7. The van der Waals surface area contributed by atoms with Crippen LogP contribution in [0.4, 0.5) is 0 Å². The average Bonchev–Trinajstić information content (AvgIpc) is 3.30. The summed E-state index contributed by atoms with van der Waals surface area (Å²) in [6.07, 6.45) is 13.8. The molecule has 1 aliphatic carbocycles. The van der Waals surface area contributed by atoms with Crippen molar-refractivity contribution in [2.45, 2.75) is 19.4 Å². The van der Waals surface area contributed by atoms with Gasteiger partial charge in [0.1, 0.15) is 11.4 Å². The standard InChI is InChI=1S/C20H16N4/c1-13-5-3-7-15-17(13)20(24-12-11-23-19(15)24)14(2)6-4-8-16(20)18-21-9-10-22-18/h3-12H,1-2H3. The van der Waals surface area contributed by atoms with Crippen molar-refractivity contribution in [1.82, 2.24) is 9.55 Å². The van der Waals surface area contributed by atoms with Crippen LogP contribution in [0.3, 0.4) is 0 Å². The van der Waals surface area contributed by atoms with Crippen molar-refractivity contribution in [3.8, 4) is 11.4 Å². The first kappa shape index (κ1) is 13.4. The molecule has 24 heavy (non-hydrogen) atoms. The average molecular weight is 312 g/mol. The minimum absolute atomic E-state index is 0.421. The molecule has 1 aromatic heterocycles. The first-order valence-electron chi connectivity index (χ1n) is 8.06. The normalized spacial score (nSPS) is 23.2. The molecule has 2 aromatic rings. The first-order valence-corrected chi connectivity index (χ1v) is 8.06. The Labute approximate surface area is 140 Å². The van der Waals surface area contributed by atoms with Crippen molar-refractivity contribution in [2.24, 2.45) is 9.98 Å². The molecule has 3 aliphatic rings. The monoisotopic (exact) mass is 312 g/mol. The molecule has 0 saturated carbocycles. The lowest BCUT2D eigenvalue weighted by Crippen LogP contribution is -2.37. The Bertz CT molecular complexity index is 1020. The number of imidazole rings is 1. The van der Waals surface area contributed by atoms with Gasteiger partial charge in [0.15, 0.2) is 5.82 Å². The second-order valence-corrected chi connectivity index (χ2v) is 6.33. The second-order valence-electron chi connectivity index (χ2n) is 6.33. The largest absolute Gasteiger partial charge is 0.313 e. The fraction of sp³-hybridized carbons (Fsp3) is 0.150. The van der Waals surface area contributed by atoms with Gasteiger partial charge < -0.3 is 4.57 Å². The van der Waals surface area contributed by atoms with Crippen LogP contribution >= 0.6 is 0 Å². The van der Waals surface area contributed by atoms with Crippen LogP contribution < -0.4 is 0 Å². The number of rotatable bonds is 0. The number of nitrogens with zero attached hydrogens (tertiary/aromatic N) is 4. The van der Waals surface area contributed by atoms with Gasteiger partial charge in [-0.05, 0) is 25.0 Å². The van der Waals surface area contributed by atoms with E-state index in [1.807, 2.05) is 6.20 Å². The van der Waals surface area contributed by atoms with Gasteiger partial charge in [-0.25, -0.2) is 15.0 Å². The van der Waals surface area contributed by atoms with E-state index in [2.05, 4.69) is 76.0 Å². The zero-order valence-corrected chi connectivity index (χ0v) is 13.6. The van der Waals surface area contributed by atoms with Crippen LogP contribution in [-0.2, 0) is 5.54 Å². The highest BCUT2D eigenvalue weighted by Crippen LogP contribution is 2.54. The van der Waals surface area contributed by atoms with E-state index in [0.29, 0.717) is 0 Å². The minimum Gasteiger partial charge on any atom is -0.313 e. The molecule has 1 unspecified atom stereocenters. The predicted molar refractivity (Wildman–Crippen MR) is 96.4 cm³/mol. The molecule has 1 aromatic carbocycles. The van der Waals surface area contributed by atoms with E-state index in [1.165, 1.54) is 22.3 Å². The number of allylic oxidation sites excluding steroid dienone is 5. The molecule has 2 aliphatic heterocycles. The highest BCUT2D eigenvalue weighted by Gasteiger charge is 2.49. The lowest BCUT2D eigenvalue weighted by atomic mass is 9.73. The van der Waals surface area contributed by atoms with E-state index < -0.39 is 5.54 Å². The van der Waals surface area contributed by atoms with Crippen molar-refractivity contribution >= 4 is 12.4 Å². The zero-order chi connectivity index (χ0) is 16.3. The van der Waals surface area contributed by atoms with Gasteiger partial charge in [0.25, 0.3) is 0 Å². The summed E-state index contributed by atoms with van der Waals surface area (Å²) in [6.45, 7) is 4.35. The van der Waals surface area contributed by atoms with Crippen LogP contribution in [0.25, 0.3) is 11.4 Å². The molecule has 0 amide bonds. The maximum absolute atomic E-state index is 4.64. The fourth-order valence-corrected chi connectivity index (χ4v) is 4.24. The molecule has 0 radical (unpaired) electrons. The zero-order valence-electron chi connectivity index (χ0n) is 13.6. The third-order valence-corrected chi connectivity index (χ3v) is 5.15. The second kappa shape index (κ2) is 4.51. The van der Waals surface area contributed by atoms with Crippen molar-refractivity contribution in [2.75, 3.05) is 0 Å². The number of aliphatic imine (C=N–C) groups is 2. The van der Waals surface area contributed by atoms with Crippen molar-refractivity contribution < 1.29 is 0 Å².